The fraction of sp³-hybridized carbons (Fsp3) is 0.231. The molecule has 0 saturated heterocycles. The lowest BCUT2D eigenvalue weighted by Crippen LogP contribution is -1.94. The van der Waals surface area contributed by atoms with E-state index in [1.807, 2.05) is 25.1 Å². The number of nitrogens with one attached hydrogen (secondary N) is 1. The summed E-state index contributed by atoms with van der Waals surface area (Å²) < 4.78 is 0. The Bertz CT molecular complexity index is 607. The second-order valence-electron chi connectivity index (χ2n) is 3.92. The molecule has 94 valence electrons. The highest BCUT2D eigenvalue weighted by atomic mass is 35.5. The first-order chi connectivity index (χ1) is 8.54. The number of nitrogens with zero attached hydrogens (tertiary/aromatic N) is 1. The largest absolute Gasteiger partial charge is 0.365 e. The van der Waals surface area contributed by atoms with Crippen molar-refractivity contribution in [2.45, 2.75) is 13.8 Å². The van der Waals surface area contributed by atoms with Crippen LogP contribution in [-0.4, -0.2) is 17.8 Å². The van der Waals surface area contributed by atoms with Crippen LogP contribution in [-0.2, 0) is 0 Å². The van der Waals surface area contributed by atoms with Crippen LogP contribution >= 0.6 is 22.9 Å². The second-order valence-corrected chi connectivity index (χ2v) is 5.32. The maximum atomic E-state index is 11.7. The number of hydrogen-bond donors (Lipinski definition) is 1. The third kappa shape index (κ3) is 2.26. The summed E-state index contributed by atoms with van der Waals surface area (Å²) in [7, 11) is 1.79. The summed E-state index contributed by atoms with van der Waals surface area (Å²) in [6.07, 6.45) is 0. The Balaban J connectivity index is 2.66. The second kappa shape index (κ2) is 5.08. The normalized spacial score (nSPS) is 10.4. The van der Waals surface area contributed by atoms with Crippen molar-refractivity contribution >= 4 is 33.9 Å². The van der Waals surface area contributed by atoms with E-state index in [0.29, 0.717) is 15.6 Å². The van der Waals surface area contributed by atoms with Gasteiger partial charge in [-0.05, 0) is 18.6 Å². The van der Waals surface area contributed by atoms with Gasteiger partial charge < -0.3 is 5.32 Å². The molecule has 1 N–H and O–H groups in total. The number of benzene rings is 1. The summed E-state index contributed by atoms with van der Waals surface area (Å²) in [5.74, 6) is 0.0170. The van der Waals surface area contributed by atoms with Crippen LogP contribution in [0.3, 0.4) is 0 Å². The highest BCUT2D eigenvalue weighted by molar-refractivity contribution is 7.18. The number of thiazole rings is 1. The summed E-state index contributed by atoms with van der Waals surface area (Å²) in [5, 5.41) is 4.38. The van der Waals surface area contributed by atoms with Gasteiger partial charge in [-0.15, -0.1) is 0 Å². The topological polar surface area (TPSA) is 42.0 Å². The molecule has 2 rings (SSSR count). The van der Waals surface area contributed by atoms with E-state index in [0.717, 1.165) is 16.3 Å². The average Bonchev–Trinajstić information content (AvgIpc) is 2.77. The Kier molecular flexibility index (Phi) is 3.68. The number of carbonyl (C=O) groups is 1. The van der Waals surface area contributed by atoms with Gasteiger partial charge in [0.25, 0.3) is 0 Å². The monoisotopic (exact) mass is 280 g/mol. The Hall–Kier alpha value is -1.39. The number of carbonyl (C=O) groups excluding carboxylic acids is 1. The predicted molar refractivity (Wildman–Crippen MR) is 76.8 cm³/mol. The van der Waals surface area contributed by atoms with Gasteiger partial charge in [0, 0.05) is 24.6 Å². The highest BCUT2D eigenvalue weighted by Crippen LogP contribution is 2.35. The molecule has 1 heterocycles. The molecular formula is C13H13ClN2OS. The van der Waals surface area contributed by atoms with Gasteiger partial charge in [0.05, 0.1) is 10.6 Å². The molecule has 1 aromatic carbocycles. The maximum absolute atomic E-state index is 11.7. The molecule has 18 heavy (non-hydrogen) atoms. The molecule has 0 amide bonds. The lowest BCUT2D eigenvalue weighted by molar-refractivity contribution is 0.102. The molecule has 2 aromatic rings. The SMILES string of the molecule is CNc1nc(-c2cccc(Cl)c2C)c(C(C)=O)s1. The summed E-state index contributed by atoms with van der Waals surface area (Å²) >= 11 is 7.47. The van der Waals surface area contributed by atoms with E-state index in [9.17, 15) is 4.79 Å². The predicted octanol–water partition coefficient (Wildman–Crippen LogP) is 4.02. The van der Waals surface area contributed by atoms with Crippen LogP contribution in [0.2, 0.25) is 5.02 Å². The van der Waals surface area contributed by atoms with Gasteiger partial charge in [-0.1, -0.05) is 35.1 Å². The first kappa shape index (κ1) is 13.1. The number of halogens is 1. The molecular weight excluding hydrogens is 268 g/mol. The molecule has 1 aromatic heterocycles. The molecule has 0 saturated carbocycles. The average molecular weight is 281 g/mol. The van der Waals surface area contributed by atoms with Crippen molar-refractivity contribution in [2.24, 2.45) is 0 Å². The van der Waals surface area contributed by atoms with Gasteiger partial charge in [-0.25, -0.2) is 4.98 Å². The lowest BCUT2D eigenvalue weighted by Gasteiger charge is -2.05. The fourth-order valence-corrected chi connectivity index (χ4v) is 2.72. The minimum absolute atomic E-state index is 0.0170. The van der Waals surface area contributed by atoms with Crippen LogP contribution in [0.15, 0.2) is 18.2 Å². The Morgan fingerprint density at radius 1 is 1.44 bits per heavy atom. The first-order valence-electron chi connectivity index (χ1n) is 5.49. The quantitative estimate of drug-likeness (QED) is 0.864. The van der Waals surface area contributed by atoms with E-state index in [2.05, 4.69) is 10.3 Å². The molecule has 0 aliphatic heterocycles. The molecule has 0 radical (unpaired) electrons. The van der Waals surface area contributed by atoms with E-state index < -0.39 is 0 Å². The molecule has 0 spiro atoms. The van der Waals surface area contributed by atoms with Gasteiger partial charge >= 0.3 is 0 Å². The Labute approximate surface area is 115 Å². The molecule has 0 aliphatic carbocycles. The third-order valence-electron chi connectivity index (χ3n) is 2.68. The number of hydrogen-bond acceptors (Lipinski definition) is 4. The van der Waals surface area contributed by atoms with Crippen molar-refractivity contribution < 1.29 is 4.79 Å². The smallest absolute Gasteiger partial charge is 0.183 e. The van der Waals surface area contributed by atoms with Gasteiger partial charge in [-0.3, -0.25) is 4.79 Å². The zero-order chi connectivity index (χ0) is 13.3. The number of aromatic nitrogens is 1. The Morgan fingerprint density at radius 3 is 2.78 bits per heavy atom. The molecule has 0 fully saturated rings. The van der Waals surface area contributed by atoms with Gasteiger partial charge in [0.15, 0.2) is 10.9 Å². The standard InChI is InChI=1S/C13H13ClN2OS/c1-7-9(5-4-6-10(7)14)11-12(8(2)17)18-13(15-3)16-11/h4-6H,1-3H3,(H,15,16). The molecule has 0 unspecified atom stereocenters. The van der Waals surface area contributed by atoms with Crippen molar-refractivity contribution in [3.8, 4) is 11.3 Å². The molecule has 0 atom stereocenters. The van der Waals surface area contributed by atoms with E-state index in [1.165, 1.54) is 11.3 Å². The molecule has 0 aliphatic rings. The number of ketones is 1. The van der Waals surface area contributed by atoms with Crippen molar-refractivity contribution in [1.82, 2.24) is 4.98 Å². The summed E-state index contributed by atoms with van der Waals surface area (Å²) in [6, 6.07) is 5.63. The summed E-state index contributed by atoms with van der Waals surface area (Å²) in [6.45, 7) is 3.48. The highest BCUT2D eigenvalue weighted by Gasteiger charge is 2.18. The van der Waals surface area contributed by atoms with Crippen LogP contribution in [0.1, 0.15) is 22.2 Å². The van der Waals surface area contributed by atoms with E-state index in [-0.39, 0.29) is 5.78 Å². The zero-order valence-electron chi connectivity index (χ0n) is 10.4. The van der Waals surface area contributed by atoms with E-state index >= 15 is 0 Å². The van der Waals surface area contributed by atoms with Gasteiger partial charge in [0.1, 0.15) is 0 Å². The summed E-state index contributed by atoms with van der Waals surface area (Å²) in [4.78, 5) is 16.8. The van der Waals surface area contributed by atoms with Crippen LogP contribution < -0.4 is 5.32 Å². The van der Waals surface area contributed by atoms with Crippen molar-refractivity contribution in [1.29, 1.82) is 0 Å². The lowest BCUT2D eigenvalue weighted by atomic mass is 10.0. The van der Waals surface area contributed by atoms with Crippen LogP contribution in [0.4, 0.5) is 5.13 Å². The van der Waals surface area contributed by atoms with E-state index in [4.69, 9.17) is 11.6 Å². The minimum Gasteiger partial charge on any atom is -0.365 e. The zero-order valence-corrected chi connectivity index (χ0v) is 11.9. The number of rotatable bonds is 3. The summed E-state index contributed by atoms with van der Waals surface area (Å²) in [5.41, 5.74) is 2.55. The molecule has 5 heteroatoms. The molecule has 0 bridgehead atoms. The van der Waals surface area contributed by atoms with Crippen LogP contribution in [0, 0.1) is 6.92 Å². The number of anilines is 1. The van der Waals surface area contributed by atoms with E-state index in [1.54, 1.807) is 14.0 Å². The van der Waals surface area contributed by atoms with Crippen LogP contribution in [0.5, 0.6) is 0 Å². The van der Waals surface area contributed by atoms with Gasteiger partial charge in [-0.2, -0.15) is 0 Å². The van der Waals surface area contributed by atoms with Crippen molar-refractivity contribution in [3.05, 3.63) is 33.7 Å². The van der Waals surface area contributed by atoms with Gasteiger partial charge in [0.2, 0.25) is 0 Å². The van der Waals surface area contributed by atoms with Crippen LogP contribution in [0.25, 0.3) is 11.3 Å². The van der Waals surface area contributed by atoms with Crippen molar-refractivity contribution in [2.75, 3.05) is 12.4 Å². The number of Topliss-reactive ketones (excluding diaryl/α,β-unsaturated/α-hetero) is 1. The maximum Gasteiger partial charge on any atom is 0.183 e. The van der Waals surface area contributed by atoms with Crippen molar-refractivity contribution in [3.63, 3.8) is 0 Å². The first-order valence-corrected chi connectivity index (χ1v) is 6.69. The Morgan fingerprint density at radius 2 is 2.17 bits per heavy atom. The fourth-order valence-electron chi connectivity index (χ4n) is 1.71. The minimum atomic E-state index is 0.0170. The third-order valence-corrected chi connectivity index (χ3v) is 4.27. The molecule has 3 nitrogen and oxygen atoms in total.